The van der Waals surface area contributed by atoms with Gasteiger partial charge in [-0.2, -0.15) is 0 Å². The summed E-state index contributed by atoms with van der Waals surface area (Å²) in [5, 5.41) is 6.65. The van der Waals surface area contributed by atoms with Crippen molar-refractivity contribution in [1.82, 2.24) is 0 Å². The van der Waals surface area contributed by atoms with E-state index in [-0.39, 0.29) is 5.37 Å². The Morgan fingerprint density at radius 1 is 0.676 bits per heavy atom. The Morgan fingerprint density at radius 3 is 2.03 bits per heavy atom. The molecule has 5 aromatic carbocycles. The lowest BCUT2D eigenvalue weighted by atomic mass is 10.0. The summed E-state index contributed by atoms with van der Waals surface area (Å²) in [5.41, 5.74) is 5.11. The molecule has 0 saturated carbocycles. The highest BCUT2D eigenvalue weighted by Gasteiger charge is 2.29. The van der Waals surface area contributed by atoms with Crippen LogP contribution in [-0.4, -0.2) is 19.5 Å². The van der Waals surface area contributed by atoms with Gasteiger partial charge in [-0.15, -0.1) is 0 Å². The average Bonchev–Trinajstić information content (AvgIpc) is 3.44. The van der Waals surface area contributed by atoms with Crippen molar-refractivity contribution in [3.8, 4) is 0 Å². The van der Waals surface area contributed by atoms with Crippen molar-refractivity contribution >= 4 is 62.0 Å². The number of anilines is 2. The summed E-state index contributed by atoms with van der Waals surface area (Å²) in [6.07, 6.45) is 4.79. The molecule has 0 amide bonds. The van der Waals surface area contributed by atoms with Crippen LogP contribution in [0.25, 0.3) is 27.1 Å². The first-order valence-electron chi connectivity index (χ1n) is 12.5. The summed E-state index contributed by atoms with van der Waals surface area (Å²) >= 11 is 3.79. The van der Waals surface area contributed by atoms with Crippen molar-refractivity contribution in [2.75, 3.05) is 23.9 Å². The highest BCUT2D eigenvalue weighted by Crippen LogP contribution is 2.50. The summed E-state index contributed by atoms with van der Waals surface area (Å²) in [6.45, 7) is 0. The molecule has 2 heterocycles. The standard InChI is InChI=1S/C33H26N2S2/c1-34-30(36-28-18-16-23-12-6-8-14-26(23)32(28)34)20-25(22-10-4-3-5-11-22)21-31-35(2)33-27-15-9-7-13-24(27)17-19-29(33)37-31/h3-21,30H,1-2H3/b25-20-,31-21+. The SMILES string of the molecule is CN1/C(=C\C(=C\C2Sc3ccc4ccccc4c3N2C)c2ccccc2)Sc2ccc3ccccc3c21. The Morgan fingerprint density at radius 2 is 1.30 bits per heavy atom. The van der Waals surface area contributed by atoms with Gasteiger partial charge in [-0.05, 0) is 46.2 Å². The van der Waals surface area contributed by atoms with E-state index in [2.05, 4.69) is 139 Å². The van der Waals surface area contributed by atoms with Crippen LogP contribution in [0.3, 0.4) is 0 Å². The number of nitrogens with zero attached hydrogens (tertiary/aromatic N) is 2. The lowest BCUT2D eigenvalue weighted by Gasteiger charge is -2.21. The highest BCUT2D eigenvalue weighted by molar-refractivity contribution is 8.03. The van der Waals surface area contributed by atoms with E-state index in [0.717, 1.165) is 0 Å². The minimum Gasteiger partial charge on any atom is -0.357 e. The number of hydrogen-bond acceptors (Lipinski definition) is 4. The van der Waals surface area contributed by atoms with Crippen molar-refractivity contribution in [1.29, 1.82) is 0 Å². The van der Waals surface area contributed by atoms with Crippen LogP contribution in [0.2, 0.25) is 0 Å². The lowest BCUT2D eigenvalue weighted by Crippen LogP contribution is -2.22. The molecule has 0 aliphatic carbocycles. The maximum Gasteiger partial charge on any atom is 0.0989 e. The molecule has 0 bridgehead atoms. The second-order valence-electron chi connectivity index (χ2n) is 9.52. The van der Waals surface area contributed by atoms with Gasteiger partial charge in [-0.25, -0.2) is 0 Å². The summed E-state index contributed by atoms with van der Waals surface area (Å²) < 4.78 is 0. The van der Waals surface area contributed by atoms with Crippen molar-refractivity contribution < 1.29 is 0 Å². The van der Waals surface area contributed by atoms with Crippen molar-refractivity contribution in [3.05, 3.63) is 126 Å². The highest BCUT2D eigenvalue weighted by atomic mass is 32.2. The molecular weight excluding hydrogens is 489 g/mol. The number of rotatable bonds is 3. The van der Waals surface area contributed by atoms with E-state index in [4.69, 9.17) is 0 Å². The van der Waals surface area contributed by atoms with E-state index in [9.17, 15) is 0 Å². The first kappa shape index (κ1) is 22.6. The molecule has 7 rings (SSSR count). The van der Waals surface area contributed by atoms with Crippen LogP contribution in [0, 0.1) is 0 Å². The molecule has 0 saturated heterocycles. The molecular formula is C33H26N2S2. The van der Waals surface area contributed by atoms with E-state index in [1.54, 1.807) is 0 Å². The normalized spacial score (nSPS) is 18.2. The van der Waals surface area contributed by atoms with Crippen LogP contribution in [0.1, 0.15) is 5.56 Å². The fraction of sp³-hybridized carbons (Fsp3) is 0.0909. The first-order chi connectivity index (χ1) is 18.2. The van der Waals surface area contributed by atoms with Crippen LogP contribution in [0.4, 0.5) is 11.4 Å². The Bertz CT molecular complexity index is 1720. The van der Waals surface area contributed by atoms with E-state index in [1.807, 2.05) is 23.5 Å². The zero-order valence-electron chi connectivity index (χ0n) is 20.8. The van der Waals surface area contributed by atoms with Gasteiger partial charge in [0.05, 0.1) is 21.8 Å². The van der Waals surface area contributed by atoms with Gasteiger partial charge in [0, 0.05) is 34.7 Å². The van der Waals surface area contributed by atoms with Gasteiger partial charge < -0.3 is 9.80 Å². The monoisotopic (exact) mass is 514 g/mol. The van der Waals surface area contributed by atoms with Crippen LogP contribution in [-0.2, 0) is 0 Å². The van der Waals surface area contributed by atoms with Crippen molar-refractivity contribution in [2.45, 2.75) is 15.2 Å². The minimum atomic E-state index is 0.216. The van der Waals surface area contributed by atoms with Gasteiger partial charge in [0.25, 0.3) is 0 Å². The molecule has 1 atom stereocenters. The molecule has 180 valence electrons. The average molecular weight is 515 g/mol. The van der Waals surface area contributed by atoms with Gasteiger partial charge >= 0.3 is 0 Å². The van der Waals surface area contributed by atoms with Gasteiger partial charge in [0.15, 0.2) is 0 Å². The number of benzene rings is 5. The van der Waals surface area contributed by atoms with Crippen LogP contribution < -0.4 is 9.80 Å². The van der Waals surface area contributed by atoms with Crippen LogP contribution in [0.15, 0.2) is 130 Å². The molecule has 2 nitrogen and oxygen atoms in total. The molecule has 0 radical (unpaired) electrons. The number of likely N-dealkylation sites (N-methyl/N-ethyl adjacent to an activating group) is 1. The second kappa shape index (κ2) is 9.05. The second-order valence-corrected chi connectivity index (χ2v) is 11.7. The predicted molar refractivity (Wildman–Crippen MR) is 163 cm³/mol. The molecule has 0 N–H and O–H groups in total. The van der Waals surface area contributed by atoms with Crippen molar-refractivity contribution in [2.24, 2.45) is 0 Å². The van der Waals surface area contributed by atoms with E-state index < -0.39 is 0 Å². The predicted octanol–water partition coefficient (Wildman–Crippen LogP) is 9.03. The fourth-order valence-corrected chi connectivity index (χ4v) is 7.77. The van der Waals surface area contributed by atoms with E-state index in [0.29, 0.717) is 0 Å². The molecule has 0 fully saturated rings. The molecule has 2 aliphatic heterocycles. The Balaban J connectivity index is 1.31. The van der Waals surface area contributed by atoms with Gasteiger partial charge in [-0.3, -0.25) is 0 Å². The maximum atomic E-state index is 2.43. The smallest absolute Gasteiger partial charge is 0.0989 e. The van der Waals surface area contributed by atoms with Gasteiger partial charge in [-0.1, -0.05) is 115 Å². The number of hydrogen-bond donors (Lipinski definition) is 0. The van der Waals surface area contributed by atoms with Gasteiger partial charge in [0.1, 0.15) is 0 Å². The zero-order chi connectivity index (χ0) is 24.9. The third kappa shape index (κ3) is 3.83. The molecule has 5 aromatic rings. The van der Waals surface area contributed by atoms with E-state index >= 15 is 0 Å². The molecule has 0 aromatic heterocycles. The summed E-state index contributed by atoms with van der Waals surface area (Å²) in [6, 6.07) is 37.1. The Kier molecular flexibility index (Phi) is 5.53. The molecule has 0 spiro atoms. The fourth-order valence-electron chi connectivity index (χ4n) is 5.40. The number of allylic oxidation sites excluding steroid dienone is 2. The minimum absolute atomic E-state index is 0.216. The van der Waals surface area contributed by atoms with Crippen LogP contribution >= 0.6 is 23.5 Å². The van der Waals surface area contributed by atoms with Crippen LogP contribution in [0.5, 0.6) is 0 Å². The Labute approximate surface area is 226 Å². The third-order valence-corrected chi connectivity index (χ3v) is 9.73. The Hall–Kier alpha value is -3.60. The number of thioether (sulfide) groups is 2. The molecule has 2 aliphatic rings. The zero-order valence-corrected chi connectivity index (χ0v) is 22.4. The maximum absolute atomic E-state index is 2.43. The van der Waals surface area contributed by atoms with E-state index in [1.165, 1.54) is 58.9 Å². The summed E-state index contributed by atoms with van der Waals surface area (Å²) in [4.78, 5) is 7.43. The summed E-state index contributed by atoms with van der Waals surface area (Å²) in [5.74, 6) is 0. The largest absolute Gasteiger partial charge is 0.357 e. The lowest BCUT2D eigenvalue weighted by molar-refractivity contribution is 0.998. The number of fused-ring (bicyclic) bond motifs is 6. The van der Waals surface area contributed by atoms with Crippen molar-refractivity contribution in [3.63, 3.8) is 0 Å². The third-order valence-electron chi connectivity index (χ3n) is 7.30. The first-order valence-corrected chi connectivity index (χ1v) is 14.2. The van der Waals surface area contributed by atoms with Gasteiger partial charge in [0.2, 0.25) is 0 Å². The molecule has 37 heavy (non-hydrogen) atoms. The topological polar surface area (TPSA) is 6.48 Å². The summed E-state index contributed by atoms with van der Waals surface area (Å²) in [7, 11) is 4.42. The molecule has 1 unspecified atom stereocenters. The molecule has 4 heteroatoms. The quantitative estimate of drug-likeness (QED) is 0.237.